The summed E-state index contributed by atoms with van der Waals surface area (Å²) in [5.74, 6) is 0.0915. The lowest BCUT2D eigenvalue weighted by molar-refractivity contribution is -0.122. The monoisotopic (exact) mass is 514 g/mol. The van der Waals surface area contributed by atoms with E-state index in [1.807, 2.05) is 13.0 Å². The van der Waals surface area contributed by atoms with E-state index in [2.05, 4.69) is 79.6 Å². The Morgan fingerprint density at radius 3 is 2.36 bits per heavy atom. The van der Waals surface area contributed by atoms with Crippen molar-refractivity contribution in [2.45, 2.75) is 20.3 Å². The highest BCUT2D eigenvalue weighted by molar-refractivity contribution is 9.24. The first-order valence-electron chi connectivity index (χ1n) is 3.80. The van der Waals surface area contributed by atoms with Gasteiger partial charge < -0.3 is 0 Å². The van der Waals surface area contributed by atoms with Gasteiger partial charge in [0, 0.05) is 9.65 Å². The van der Waals surface area contributed by atoms with Crippen molar-refractivity contribution in [3.05, 3.63) is 10.6 Å². The maximum absolute atomic E-state index is 12.0. The van der Waals surface area contributed by atoms with Crippen LogP contribution in [-0.4, -0.2) is 19.2 Å². The molecule has 0 saturated heterocycles. The fraction of sp³-hybridized carbons (Fsp3) is 0.625. The summed E-state index contributed by atoms with van der Waals surface area (Å²) in [6.45, 7) is 1.92. The molecule has 0 radical (unpaired) electrons. The van der Waals surface area contributed by atoms with E-state index in [9.17, 15) is 4.79 Å². The maximum Gasteiger partial charge on any atom is 0.178 e. The molecule has 1 rings (SSSR count). The Balaban J connectivity index is 3.19. The van der Waals surface area contributed by atoms with Crippen molar-refractivity contribution in [3.63, 3.8) is 0 Å². The van der Waals surface area contributed by atoms with Gasteiger partial charge >= 0.3 is 0 Å². The van der Waals surface area contributed by atoms with Gasteiger partial charge in [-0.2, -0.15) is 0 Å². The van der Waals surface area contributed by atoms with Gasteiger partial charge in [0.05, 0.1) is 13.6 Å². The van der Waals surface area contributed by atoms with Crippen LogP contribution in [0.2, 0.25) is 0 Å². The van der Waals surface area contributed by atoms with Gasteiger partial charge in [-0.05, 0) is 22.9 Å². The molecule has 0 aromatic rings. The smallest absolute Gasteiger partial charge is 0.178 e. The summed E-state index contributed by atoms with van der Waals surface area (Å²) >= 11 is 17.2. The Kier molecular flexibility index (Phi) is 4.94. The Hall–Kier alpha value is 1.81. The quantitative estimate of drug-likeness (QED) is 0.468. The van der Waals surface area contributed by atoms with E-state index in [1.54, 1.807) is 0 Å². The van der Waals surface area contributed by atoms with Crippen molar-refractivity contribution in [3.8, 4) is 0 Å². The molecule has 1 nitrogen and oxygen atoms in total. The standard InChI is InChI=1S/C8H7Br5O/c1-8(7(12)13)5(11)3(9)2-4(10)6(8)14/h2-3,5,7H,1H3. The molecule has 3 unspecified atom stereocenters. The van der Waals surface area contributed by atoms with Gasteiger partial charge in [0.25, 0.3) is 0 Å². The first-order valence-corrected chi connectivity index (χ1v) is 8.25. The molecule has 0 heterocycles. The number of halogens is 5. The van der Waals surface area contributed by atoms with Gasteiger partial charge in [0.2, 0.25) is 0 Å². The molecular formula is C8H7Br5O. The molecule has 0 amide bonds. The molecular weight excluding hydrogens is 512 g/mol. The van der Waals surface area contributed by atoms with Crippen molar-refractivity contribution >= 4 is 85.4 Å². The molecule has 80 valence electrons. The van der Waals surface area contributed by atoms with Crippen LogP contribution in [0.1, 0.15) is 6.92 Å². The van der Waals surface area contributed by atoms with Crippen molar-refractivity contribution in [1.29, 1.82) is 0 Å². The predicted octanol–water partition coefficient (Wildman–Crippen LogP) is 4.50. The number of ketones is 1. The summed E-state index contributed by atoms with van der Waals surface area (Å²) in [7, 11) is 0. The van der Waals surface area contributed by atoms with Crippen LogP contribution in [0.15, 0.2) is 10.6 Å². The molecule has 1 aliphatic carbocycles. The number of allylic oxidation sites excluding steroid dienone is 2. The zero-order chi connectivity index (χ0) is 11.1. The Labute approximate surface area is 125 Å². The molecule has 0 aliphatic heterocycles. The number of carbonyl (C=O) groups is 1. The third kappa shape index (κ3) is 2.24. The van der Waals surface area contributed by atoms with E-state index in [-0.39, 0.29) is 19.2 Å². The lowest BCUT2D eigenvalue weighted by Crippen LogP contribution is -2.48. The van der Waals surface area contributed by atoms with Crippen LogP contribution in [0.25, 0.3) is 0 Å². The summed E-state index contributed by atoms with van der Waals surface area (Å²) < 4.78 is 0.558. The average Bonchev–Trinajstić information content (AvgIpc) is 2.11. The molecule has 0 aromatic heterocycles. The van der Waals surface area contributed by atoms with Gasteiger partial charge in [-0.25, -0.2) is 0 Å². The van der Waals surface area contributed by atoms with Gasteiger partial charge in [-0.3, -0.25) is 4.79 Å². The molecule has 0 bridgehead atoms. The van der Waals surface area contributed by atoms with Gasteiger partial charge in [-0.15, -0.1) is 0 Å². The van der Waals surface area contributed by atoms with E-state index < -0.39 is 5.41 Å². The van der Waals surface area contributed by atoms with Crippen molar-refractivity contribution in [1.82, 2.24) is 0 Å². The number of carbonyl (C=O) groups excluding carboxylic acids is 1. The molecule has 14 heavy (non-hydrogen) atoms. The topological polar surface area (TPSA) is 17.1 Å². The fourth-order valence-corrected chi connectivity index (χ4v) is 5.43. The SMILES string of the molecule is CC1(C(Br)Br)C(=O)C(Br)=CC(Br)C1Br. The van der Waals surface area contributed by atoms with Crippen LogP contribution in [0.3, 0.4) is 0 Å². The number of Topliss-reactive ketones (excluding diaryl/α,β-unsaturated/α-hetero) is 1. The first-order chi connectivity index (χ1) is 6.31. The fourth-order valence-electron chi connectivity index (χ4n) is 1.23. The zero-order valence-electron chi connectivity index (χ0n) is 7.11. The van der Waals surface area contributed by atoms with Crippen molar-refractivity contribution in [2.75, 3.05) is 0 Å². The van der Waals surface area contributed by atoms with Crippen LogP contribution in [-0.2, 0) is 4.79 Å². The van der Waals surface area contributed by atoms with Crippen LogP contribution >= 0.6 is 79.6 Å². The highest BCUT2D eigenvalue weighted by Gasteiger charge is 2.50. The van der Waals surface area contributed by atoms with E-state index in [4.69, 9.17) is 0 Å². The second-order valence-electron chi connectivity index (χ2n) is 3.27. The molecule has 1 aliphatic rings. The van der Waals surface area contributed by atoms with Crippen molar-refractivity contribution < 1.29 is 4.79 Å². The van der Waals surface area contributed by atoms with Crippen molar-refractivity contribution in [2.24, 2.45) is 5.41 Å². The van der Waals surface area contributed by atoms with E-state index in [0.717, 1.165) is 0 Å². The van der Waals surface area contributed by atoms with Crippen LogP contribution in [0.4, 0.5) is 0 Å². The summed E-state index contributed by atoms with van der Waals surface area (Å²) in [6, 6.07) is 0. The van der Waals surface area contributed by atoms with Crippen LogP contribution in [0.5, 0.6) is 0 Å². The Bertz CT molecular complexity index is 287. The lowest BCUT2D eigenvalue weighted by Gasteiger charge is -2.39. The third-order valence-corrected chi connectivity index (χ3v) is 7.87. The minimum atomic E-state index is -0.512. The summed E-state index contributed by atoms with van der Waals surface area (Å²) in [4.78, 5) is 12.2. The minimum absolute atomic E-state index is 0.0487. The largest absolute Gasteiger partial charge is 0.293 e. The zero-order valence-corrected chi connectivity index (χ0v) is 15.0. The summed E-state index contributed by atoms with van der Waals surface area (Å²) in [5.41, 5.74) is -0.512. The molecule has 0 saturated carbocycles. The number of alkyl halides is 4. The molecule has 3 atom stereocenters. The van der Waals surface area contributed by atoms with Gasteiger partial charge in [0.15, 0.2) is 5.78 Å². The van der Waals surface area contributed by atoms with E-state index in [1.165, 1.54) is 0 Å². The minimum Gasteiger partial charge on any atom is -0.293 e. The third-order valence-electron chi connectivity index (χ3n) is 2.32. The van der Waals surface area contributed by atoms with Crippen LogP contribution in [0, 0.1) is 5.41 Å². The molecule has 6 heteroatoms. The number of hydrogen-bond donors (Lipinski definition) is 0. The molecule has 0 fully saturated rings. The molecule has 0 spiro atoms. The lowest BCUT2D eigenvalue weighted by atomic mass is 9.79. The molecule has 0 N–H and O–H groups in total. The number of rotatable bonds is 1. The maximum atomic E-state index is 12.0. The second-order valence-corrected chi connectivity index (χ2v) is 9.23. The summed E-state index contributed by atoms with van der Waals surface area (Å²) in [5, 5.41) is 0. The number of hydrogen-bond acceptors (Lipinski definition) is 1. The molecule has 0 aromatic carbocycles. The summed E-state index contributed by atoms with van der Waals surface area (Å²) in [6.07, 6.45) is 1.87. The second kappa shape index (κ2) is 4.98. The Morgan fingerprint density at radius 2 is 1.93 bits per heavy atom. The predicted molar refractivity (Wildman–Crippen MR) is 77.2 cm³/mol. The highest BCUT2D eigenvalue weighted by Crippen LogP contribution is 2.48. The first kappa shape index (κ1) is 13.9. The van der Waals surface area contributed by atoms with Crippen LogP contribution < -0.4 is 0 Å². The highest BCUT2D eigenvalue weighted by atomic mass is 79.9. The van der Waals surface area contributed by atoms with Gasteiger partial charge in [0.1, 0.15) is 0 Å². The normalized spacial score (nSPS) is 38.8. The van der Waals surface area contributed by atoms with E-state index in [0.29, 0.717) is 4.48 Å². The van der Waals surface area contributed by atoms with Gasteiger partial charge in [-0.1, -0.05) is 69.8 Å². The average molecular weight is 519 g/mol. The Morgan fingerprint density at radius 1 is 1.43 bits per heavy atom. The van der Waals surface area contributed by atoms with E-state index >= 15 is 0 Å².